The van der Waals surface area contributed by atoms with Crippen molar-refractivity contribution in [3.05, 3.63) is 75.7 Å². The summed E-state index contributed by atoms with van der Waals surface area (Å²) in [4.78, 5) is 14.0. The Morgan fingerprint density at radius 2 is 1.74 bits per heavy atom. The molecule has 0 radical (unpaired) electrons. The van der Waals surface area contributed by atoms with Gasteiger partial charge in [-0.2, -0.15) is 5.21 Å². The minimum atomic E-state index is 0.262. The van der Waals surface area contributed by atoms with E-state index in [0.717, 1.165) is 54.5 Å². The summed E-state index contributed by atoms with van der Waals surface area (Å²) in [6.45, 7) is 3.21. The molecule has 1 aliphatic heterocycles. The number of aromatic nitrogens is 6. The molecule has 1 unspecified atom stereocenters. The van der Waals surface area contributed by atoms with E-state index < -0.39 is 0 Å². The normalized spacial score (nSPS) is 18.0. The van der Waals surface area contributed by atoms with Crippen LogP contribution in [0, 0.1) is 5.92 Å². The van der Waals surface area contributed by atoms with Gasteiger partial charge in [0, 0.05) is 29.8 Å². The van der Waals surface area contributed by atoms with Gasteiger partial charge in [-0.05, 0) is 66.3 Å². The number of hydrogen-bond acceptors (Lipinski definition) is 4. The van der Waals surface area contributed by atoms with Crippen molar-refractivity contribution in [1.82, 2.24) is 30.0 Å². The fourth-order valence-electron chi connectivity index (χ4n) is 6.77. The van der Waals surface area contributed by atoms with E-state index in [-0.39, 0.29) is 5.56 Å². The summed E-state index contributed by atoms with van der Waals surface area (Å²) in [5.74, 6) is 1.24. The highest BCUT2D eigenvalue weighted by Crippen LogP contribution is 2.38. The van der Waals surface area contributed by atoms with Crippen molar-refractivity contribution in [3.63, 3.8) is 0 Å². The Morgan fingerprint density at radius 3 is 2.47 bits per heavy atom. The number of unbranched alkanes of at least 4 members (excludes halogenated alkanes) is 1. The van der Waals surface area contributed by atoms with Crippen molar-refractivity contribution in [2.45, 2.75) is 90.1 Å². The molecule has 0 amide bonds. The molecule has 2 aliphatic rings. The van der Waals surface area contributed by atoms with E-state index in [2.05, 4.69) is 67.2 Å². The van der Waals surface area contributed by atoms with Crippen LogP contribution in [0.25, 0.3) is 22.5 Å². The molecule has 0 bridgehead atoms. The van der Waals surface area contributed by atoms with Gasteiger partial charge in [-0.15, -0.1) is 10.2 Å². The molecule has 2 aromatic carbocycles. The summed E-state index contributed by atoms with van der Waals surface area (Å²) in [7, 11) is 0. The third-order valence-corrected chi connectivity index (χ3v) is 8.69. The average molecular weight is 511 g/mol. The molecule has 7 heteroatoms. The van der Waals surface area contributed by atoms with E-state index >= 15 is 0 Å². The van der Waals surface area contributed by atoms with Gasteiger partial charge in [0.2, 0.25) is 5.82 Å². The second-order valence-electron chi connectivity index (χ2n) is 11.1. The zero-order valence-electron chi connectivity index (χ0n) is 22.4. The number of hydrogen-bond donors (Lipinski definition) is 1. The fourth-order valence-corrected chi connectivity index (χ4v) is 6.77. The Labute approximate surface area is 224 Å². The first kappa shape index (κ1) is 24.8. The van der Waals surface area contributed by atoms with Crippen molar-refractivity contribution in [3.8, 4) is 22.5 Å². The number of benzene rings is 2. The molecule has 1 N–H and O–H groups in total. The first-order chi connectivity index (χ1) is 18.7. The maximum atomic E-state index is 14.0. The highest BCUT2D eigenvalue weighted by molar-refractivity contribution is 5.80. The van der Waals surface area contributed by atoms with Crippen LogP contribution in [0.2, 0.25) is 0 Å². The van der Waals surface area contributed by atoms with Gasteiger partial charge in [-0.1, -0.05) is 81.1 Å². The van der Waals surface area contributed by atoms with E-state index in [0.29, 0.717) is 24.2 Å². The number of fused-ring (bicyclic) bond motifs is 1. The molecule has 6 rings (SSSR count). The minimum absolute atomic E-state index is 0.262. The Hall–Kier alpha value is -3.48. The summed E-state index contributed by atoms with van der Waals surface area (Å²) < 4.78 is 4.60. The molecule has 1 aliphatic carbocycles. The smallest absolute Gasteiger partial charge is 0.270 e. The summed E-state index contributed by atoms with van der Waals surface area (Å²) in [5, 5.41) is 14.6. The predicted octanol–water partition coefficient (Wildman–Crippen LogP) is 6.35. The lowest BCUT2D eigenvalue weighted by Crippen LogP contribution is -2.37. The van der Waals surface area contributed by atoms with E-state index in [1.54, 1.807) is 0 Å². The fraction of sp³-hybridized carbons (Fsp3) is 0.484. The monoisotopic (exact) mass is 510 g/mol. The van der Waals surface area contributed by atoms with Crippen molar-refractivity contribution in [2.24, 2.45) is 5.92 Å². The van der Waals surface area contributed by atoms with Crippen LogP contribution < -0.4 is 5.56 Å². The molecule has 198 valence electrons. The lowest BCUT2D eigenvalue weighted by Gasteiger charge is -2.35. The maximum absolute atomic E-state index is 14.0. The quantitative estimate of drug-likeness (QED) is 0.300. The SMILES string of the molecule is CCCCc1c(Cc2ccc(-c3ccccc3-c3nn[nH]n3)cc2)c(=O)n2n1CCCC2C1CCCCC1. The number of rotatable bonds is 8. The summed E-state index contributed by atoms with van der Waals surface area (Å²) in [6, 6.07) is 17.1. The molecule has 1 atom stereocenters. The average Bonchev–Trinajstić information content (AvgIpc) is 3.60. The van der Waals surface area contributed by atoms with Crippen LogP contribution in [0.4, 0.5) is 0 Å². The van der Waals surface area contributed by atoms with E-state index in [4.69, 9.17) is 0 Å². The van der Waals surface area contributed by atoms with Crippen LogP contribution in [0.15, 0.2) is 53.3 Å². The number of nitrogens with zero attached hydrogens (tertiary/aromatic N) is 5. The molecule has 38 heavy (non-hydrogen) atoms. The lowest BCUT2D eigenvalue weighted by atomic mass is 9.82. The van der Waals surface area contributed by atoms with Gasteiger partial charge in [0.25, 0.3) is 5.56 Å². The van der Waals surface area contributed by atoms with Gasteiger partial charge in [-0.3, -0.25) is 9.48 Å². The molecule has 7 nitrogen and oxygen atoms in total. The standard InChI is InChI=1S/C31H38N6O/c1-2-3-14-29-27(31(38)37-28(15-9-20-36(29)37)24-10-5-4-6-11-24)21-22-16-18-23(19-17-22)25-12-7-8-13-26(25)30-32-34-35-33-30/h7-8,12-13,16-19,24,28H,2-6,9-11,14-15,20-21H2,1H3,(H,32,33,34,35). The van der Waals surface area contributed by atoms with Crippen LogP contribution >= 0.6 is 0 Å². The minimum Gasteiger partial charge on any atom is -0.286 e. The number of H-pyrrole nitrogens is 1. The first-order valence-electron chi connectivity index (χ1n) is 14.5. The van der Waals surface area contributed by atoms with Crippen LogP contribution in [0.1, 0.15) is 87.6 Å². The van der Waals surface area contributed by atoms with Crippen LogP contribution in [-0.2, 0) is 19.4 Å². The van der Waals surface area contributed by atoms with Crippen LogP contribution in [0.3, 0.4) is 0 Å². The Balaban J connectivity index is 1.32. The summed E-state index contributed by atoms with van der Waals surface area (Å²) in [5.41, 5.74) is 6.86. The highest BCUT2D eigenvalue weighted by atomic mass is 16.1. The van der Waals surface area contributed by atoms with E-state index in [9.17, 15) is 4.79 Å². The molecular weight excluding hydrogens is 472 g/mol. The molecular formula is C31H38N6O. The van der Waals surface area contributed by atoms with Gasteiger partial charge in [-0.25, -0.2) is 4.68 Å². The van der Waals surface area contributed by atoms with Crippen molar-refractivity contribution in [1.29, 1.82) is 0 Å². The maximum Gasteiger partial charge on any atom is 0.270 e. The van der Waals surface area contributed by atoms with Crippen LogP contribution in [-0.4, -0.2) is 30.0 Å². The zero-order valence-corrected chi connectivity index (χ0v) is 22.4. The second kappa shape index (κ2) is 11.1. The molecule has 3 heterocycles. The highest BCUT2D eigenvalue weighted by Gasteiger charge is 2.33. The summed E-state index contributed by atoms with van der Waals surface area (Å²) >= 11 is 0. The number of aromatic amines is 1. The molecule has 2 aromatic heterocycles. The molecule has 1 fully saturated rings. The van der Waals surface area contributed by atoms with Gasteiger partial charge < -0.3 is 0 Å². The van der Waals surface area contributed by atoms with Gasteiger partial charge in [0.15, 0.2) is 0 Å². The van der Waals surface area contributed by atoms with Crippen LogP contribution in [0.5, 0.6) is 0 Å². The Kier molecular flexibility index (Phi) is 7.25. The molecule has 0 saturated heterocycles. The van der Waals surface area contributed by atoms with Gasteiger partial charge in [0.1, 0.15) is 0 Å². The first-order valence-corrected chi connectivity index (χ1v) is 14.5. The van der Waals surface area contributed by atoms with Crippen molar-refractivity contribution in [2.75, 3.05) is 0 Å². The Morgan fingerprint density at radius 1 is 0.947 bits per heavy atom. The lowest BCUT2D eigenvalue weighted by molar-refractivity contribution is 0.164. The third kappa shape index (κ3) is 4.74. The van der Waals surface area contributed by atoms with E-state index in [1.807, 2.05) is 18.2 Å². The molecule has 4 aromatic rings. The zero-order chi connectivity index (χ0) is 25.9. The van der Waals surface area contributed by atoms with Gasteiger partial charge >= 0.3 is 0 Å². The van der Waals surface area contributed by atoms with Crippen molar-refractivity contribution < 1.29 is 0 Å². The molecule has 1 saturated carbocycles. The second-order valence-corrected chi connectivity index (χ2v) is 11.1. The molecule has 0 spiro atoms. The predicted molar refractivity (Wildman–Crippen MR) is 150 cm³/mol. The van der Waals surface area contributed by atoms with Gasteiger partial charge in [0.05, 0.1) is 6.04 Å². The topological polar surface area (TPSA) is 81.4 Å². The largest absolute Gasteiger partial charge is 0.286 e. The van der Waals surface area contributed by atoms with E-state index in [1.165, 1.54) is 49.8 Å². The van der Waals surface area contributed by atoms with Crippen molar-refractivity contribution >= 4 is 0 Å². The summed E-state index contributed by atoms with van der Waals surface area (Å²) in [6.07, 6.45) is 12.8. The third-order valence-electron chi connectivity index (χ3n) is 8.69. The Bertz CT molecular complexity index is 1410. The number of nitrogens with one attached hydrogen (secondary N) is 1. The number of tetrazole rings is 1.